The molecule has 3 N–H and O–H groups in total. The molecule has 0 aromatic carbocycles. The number of hydrogen-bond donors (Lipinski definition) is 3. The first-order valence-electron chi connectivity index (χ1n) is 5.16. The van der Waals surface area contributed by atoms with Crippen LogP contribution in [0.3, 0.4) is 0 Å². The van der Waals surface area contributed by atoms with Crippen molar-refractivity contribution in [3.8, 4) is 0 Å². The molecule has 1 atom stereocenters. The molecule has 1 heterocycles. The van der Waals surface area contributed by atoms with Gasteiger partial charge in [0.25, 0.3) is 0 Å². The molecule has 0 fully saturated rings. The van der Waals surface area contributed by atoms with Crippen LogP contribution in [0.4, 0.5) is 0 Å². The number of carbonyl (C=O) groups is 2. The molecule has 1 aromatic heterocycles. The van der Waals surface area contributed by atoms with Crippen molar-refractivity contribution in [1.82, 2.24) is 10.3 Å². The largest absolute Gasteiger partial charge is 0.481 e. The summed E-state index contributed by atoms with van der Waals surface area (Å²) in [4.78, 5) is 25.0. The maximum absolute atomic E-state index is 10.7. The monoisotopic (exact) mass is 238 g/mol. The molecule has 0 aliphatic carbocycles. The van der Waals surface area contributed by atoms with Crippen molar-refractivity contribution in [2.75, 3.05) is 6.54 Å². The molecule has 0 saturated heterocycles. The predicted octanol–water partition coefficient (Wildman–Crippen LogP) is 0.142. The summed E-state index contributed by atoms with van der Waals surface area (Å²) < 4.78 is 0. The summed E-state index contributed by atoms with van der Waals surface area (Å²) in [7, 11) is 0. The third-order valence-electron chi connectivity index (χ3n) is 2.23. The molecule has 1 rings (SSSR count). The highest BCUT2D eigenvalue weighted by atomic mass is 16.4. The summed E-state index contributed by atoms with van der Waals surface area (Å²) in [6.07, 6.45) is 3.51. The van der Waals surface area contributed by atoms with Gasteiger partial charge in [0.05, 0.1) is 6.42 Å². The first kappa shape index (κ1) is 13.1. The molecule has 0 saturated carbocycles. The van der Waals surface area contributed by atoms with Crippen LogP contribution < -0.4 is 5.32 Å². The van der Waals surface area contributed by atoms with Crippen molar-refractivity contribution < 1.29 is 19.8 Å². The van der Waals surface area contributed by atoms with Crippen LogP contribution in [0.2, 0.25) is 0 Å². The maximum Gasteiger partial charge on any atom is 0.321 e. The van der Waals surface area contributed by atoms with Crippen molar-refractivity contribution in [2.45, 2.75) is 18.9 Å². The SMILES string of the molecule is O=C(O)CC(NCCc1ccncc1)C(=O)O. The molecule has 6 nitrogen and oxygen atoms in total. The molecule has 1 unspecified atom stereocenters. The number of carboxylic acids is 2. The summed E-state index contributed by atoms with van der Waals surface area (Å²) in [6, 6.07) is 2.61. The van der Waals surface area contributed by atoms with Crippen LogP contribution in [0.5, 0.6) is 0 Å². The Bertz CT molecular complexity index is 380. The second-order valence-electron chi connectivity index (χ2n) is 3.55. The molecule has 0 radical (unpaired) electrons. The van der Waals surface area contributed by atoms with Crippen molar-refractivity contribution in [3.05, 3.63) is 30.1 Å². The average Bonchev–Trinajstić information content (AvgIpc) is 2.28. The first-order chi connectivity index (χ1) is 8.09. The number of aliphatic carboxylic acids is 2. The number of carboxylic acid groups (broad SMARTS) is 2. The van der Waals surface area contributed by atoms with Crippen LogP contribution in [-0.2, 0) is 16.0 Å². The Hall–Kier alpha value is -1.95. The van der Waals surface area contributed by atoms with E-state index >= 15 is 0 Å². The Morgan fingerprint density at radius 2 is 1.94 bits per heavy atom. The minimum Gasteiger partial charge on any atom is -0.481 e. The molecule has 17 heavy (non-hydrogen) atoms. The number of nitrogens with one attached hydrogen (secondary N) is 1. The van der Waals surface area contributed by atoms with Gasteiger partial charge in [-0.2, -0.15) is 0 Å². The lowest BCUT2D eigenvalue weighted by Crippen LogP contribution is -2.39. The van der Waals surface area contributed by atoms with E-state index in [0.29, 0.717) is 13.0 Å². The third kappa shape index (κ3) is 5.07. The fourth-order valence-corrected chi connectivity index (χ4v) is 1.36. The van der Waals surface area contributed by atoms with Crippen LogP contribution in [0, 0.1) is 0 Å². The normalized spacial score (nSPS) is 12.0. The zero-order valence-corrected chi connectivity index (χ0v) is 9.17. The van der Waals surface area contributed by atoms with Crippen LogP contribution in [0.1, 0.15) is 12.0 Å². The van der Waals surface area contributed by atoms with E-state index in [2.05, 4.69) is 10.3 Å². The van der Waals surface area contributed by atoms with E-state index in [4.69, 9.17) is 10.2 Å². The highest BCUT2D eigenvalue weighted by molar-refractivity contribution is 5.80. The summed E-state index contributed by atoms with van der Waals surface area (Å²) in [5, 5.41) is 20.0. The number of nitrogens with zero attached hydrogens (tertiary/aromatic N) is 1. The number of hydrogen-bond acceptors (Lipinski definition) is 4. The van der Waals surface area contributed by atoms with E-state index in [1.165, 1.54) is 0 Å². The van der Waals surface area contributed by atoms with Crippen LogP contribution in [0.25, 0.3) is 0 Å². The molecular weight excluding hydrogens is 224 g/mol. The maximum atomic E-state index is 10.7. The minimum atomic E-state index is -1.15. The van der Waals surface area contributed by atoms with Crippen molar-refractivity contribution in [3.63, 3.8) is 0 Å². The number of aromatic nitrogens is 1. The smallest absolute Gasteiger partial charge is 0.321 e. The molecule has 0 amide bonds. The Morgan fingerprint density at radius 3 is 2.47 bits per heavy atom. The van der Waals surface area contributed by atoms with E-state index in [1.54, 1.807) is 12.4 Å². The van der Waals surface area contributed by atoms with Crippen molar-refractivity contribution in [1.29, 1.82) is 0 Å². The fourth-order valence-electron chi connectivity index (χ4n) is 1.36. The molecule has 92 valence electrons. The highest BCUT2D eigenvalue weighted by Crippen LogP contribution is 1.98. The Morgan fingerprint density at radius 1 is 1.29 bits per heavy atom. The van der Waals surface area contributed by atoms with E-state index in [0.717, 1.165) is 5.56 Å². The van der Waals surface area contributed by atoms with E-state index < -0.39 is 24.4 Å². The molecule has 0 aliphatic rings. The van der Waals surface area contributed by atoms with Gasteiger partial charge in [-0.15, -0.1) is 0 Å². The van der Waals surface area contributed by atoms with Gasteiger partial charge in [0.15, 0.2) is 0 Å². The number of pyridine rings is 1. The summed E-state index contributed by atoms with van der Waals surface area (Å²) in [6.45, 7) is 0.411. The zero-order valence-electron chi connectivity index (χ0n) is 9.17. The third-order valence-corrected chi connectivity index (χ3v) is 2.23. The molecule has 0 bridgehead atoms. The second-order valence-corrected chi connectivity index (χ2v) is 3.55. The van der Waals surface area contributed by atoms with Gasteiger partial charge in [0, 0.05) is 12.4 Å². The van der Waals surface area contributed by atoms with Gasteiger partial charge in [-0.3, -0.25) is 14.6 Å². The standard InChI is InChI=1S/C11H14N2O4/c14-10(15)7-9(11(16)17)13-6-3-8-1-4-12-5-2-8/h1-2,4-5,9,13H,3,6-7H2,(H,14,15)(H,16,17). The predicted molar refractivity (Wildman–Crippen MR) is 59.6 cm³/mol. The van der Waals surface area contributed by atoms with Gasteiger partial charge < -0.3 is 15.5 Å². The minimum absolute atomic E-state index is 0.411. The van der Waals surface area contributed by atoms with Gasteiger partial charge in [-0.25, -0.2) is 0 Å². The number of rotatable bonds is 7. The van der Waals surface area contributed by atoms with Crippen molar-refractivity contribution >= 4 is 11.9 Å². The Balaban J connectivity index is 2.37. The average molecular weight is 238 g/mol. The second kappa shape index (κ2) is 6.59. The van der Waals surface area contributed by atoms with Gasteiger partial charge in [0.1, 0.15) is 6.04 Å². The van der Waals surface area contributed by atoms with E-state index in [1.807, 2.05) is 12.1 Å². The first-order valence-corrected chi connectivity index (χ1v) is 5.16. The van der Waals surface area contributed by atoms with Gasteiger partial charge in [-0.05, 0) is 30.7 Å². The lowest BCUT2D eigenvalue weighted by Gasteiger charge is -2.11. The quantitative estimate of drug-likeness (QED) is 0.625. The topological polar surface area (TPSA) is 99.5 Å². The van der Waals surface area contributed by atoms with E-state index in [-0.39, 0.29) is 0 Å². The lowest BCUT2D eigenvalue weighted by molar-refractivity contribution is -0.145. The van der Waals surface area contributed by atoms with Gasteiger partial charge in [0.2, 0.25) is 0 Å². The van der Waals surface area contributed by atoms with Gasteiger partial charge >= 0.3 is 11.9 Å². The lowest BCUT2D eigenvalue weighted by atomic mass is 10.1. The van der Waals surface area contributed by atoms with E-state index in [9.17, 15) is 9.59 Å². The molecule has 1 aromatic rings. The molecule has 6 heteroatoms. The molecule has 0 spiro atoms. The molecule has 0 aliphatic heterocycles. The van der Waals surface area contributed by atoms with Crippen molar-refractivity contribution in [2.24, 2.45) is 0 Å². The zero-order chi connectivity index (χ0) is 12.7. The molecular formula is C11H14N2O4. The Kier molecular flexibility index (Phi) is 5.09. The fraction of sp³-hybridized carbons (Fsp3) is 0.364. The van der Waals surface area contributed by atoms with Crippen LogP contribution in [0.15, 0.2) is 24.5 Å². The highest BCUT2D eigenvalue weighted by Gasteiger charge is 2.19. The summed E-state index contributed by atoms with van der Waals surface area (Å²) >= 11 is 0. The summed E-state index contributed by atoms with van der Waals surface area (Å²) in [5.74, 6) is -2.28. The summed E-state index contributed by atoms with van der Waals surface area (Å²) in [5.41, 5.74) is 1.02. The van der Waals surface area contributed by atoms with Crippen LogP contribution in [-0.4, -0.2) is 39.7 Å². The van der Waals surface area contributed by atoms with Gasteiger partial charge in [-0.1, -0.05) is 0 Å². The van der Waals surface area contributed by atoms with Crippen LogP contribution >= 0.6 is 0 Å². The Labute approximate surface area is 98.3 Å².